The molecule has 0 spiro atoms. The molecule has 4 rings (SSSR count). The molecule has 0 fully saturated rings. The maximum atomic E-state index is 4.81. The third kappa shape index (κ3) is 5.79. The van der Waals surface area contributed by atoms with Crippen molar-refractivity contribution >= 4 is 36.3 Å². The molecule has 2 aromatic rings. The van der Waals surface area contributed by atoms with Crippen molar-refractivity contribution in [1.82, 2.24) is 0 Å². The van der Waals surface area contributed by atoms with E-state index in [2.05, 4.69) is 97.1 Å². The molecule has 0 aliphatic heterocycles. The Morgan fingerprint density at radius 2 is 1.11 bits per heavy atom. The molecule has 0 nitrogen and oxygen atoms in total. The van der Waals surface area contributed by atoms with Gasteiger partial charge < -0.3 is 0 Å². The molecule has 0 bridgehead atoms. The zero-order valence-corrected chi connectivity index (χ0v) is 19.6. The maximum absolute atomic E-state index is 4.81. The summed E-state index contributed by atoms with van der Waals surface area (Å²) < 4.78 is 3.28. The van der Waals surface area contributed by atoms with Gasteiger partial charge in [-0.25, -0.2) is 0 Å². The summed E-state index contributed by atoms with van der Waals surface area (Å²) in [5.74, 6) is 0. The molecular weight excluding hydrogens is 528 g/mol. The molecule has 145 valence electrons. The van der Waals surface area contributed by atoms with E-state index in [0.29, 0.717) is 0 Å². The van der Waals surface area contributed by atoms with Gasteiger partial charge in [0.05, 0.1) is 0 Å². The van der Waals surface area contributed by atoms with Gasteiger partial charge in [-0.3, -0.25) is 0 Å². The average Bonchev–Trinajstić information content (AvgIpc) is 3.42. The van der Waals surface area contributed by atoms with E-state index < -0.39 is 13.5 Å². The molecule has 2 aliphatic rings. The second kappa shape index (κ2) is 11.6. The predicted molar refractivity (Wildman–Crippen MR) is 114 cm³/mol. The number of hydrogen-bond donors (Lipinski definition) is 0. The fraction of sp³-hybridized carbons (Fsp3) is 0.0909. The Kier molecular flexibility index (Phi) is 9.12. The summed E-state index contributed by atoms with van der Waals surface area (Å²) in [6.45, 7) is -0.370. The Morgan fingerprint density at radius 3 is 1.44 bits per heavy atom. The van der Waals surface area contributed by atoms with Crippen LogP contribution in [0.1, 0.15) is 12.8 Å². The van der Waals surface area contributed by atoms with Gasteiger partial charge in [0.2, 0.25) is 0 Å². The normalized spacial score (nSPS) is 15.4. The zero-order chi connectivity index (χ0) is 18.9. The van der Waals surface area contributed by atoms with Crippen molar-refractivity contribution in [3.63, 3.8) is 0 Å². The van der Waals surface area contributed by atoms with Crippen LogP contribution in [0, 0.1) is 0 Å². The number of rotatable bonds is 5. The SMILES string of the molecule is C1=CC[C]([Fe]([C]2=CC=CC2)[P](c2ccccc2)c2ccccc2)=C1.[Cl][Pd][Cl]. The van der Waals surface area contributed by atoms with Crippen LogP contribution in [0.2, 0.25) is 0 Å². The van der Waals surface area contributed by atoms with Gasteiger partial charge in [-0.15, -0.1) is 0 Å². The molecule has 2 aromatic carbocycles. The van der Waals surface area contributed by atoms with E-state index in [1.54, 1.807) is 8.94 Å². The minimum atomic E-state index is -0.549. The van der Waals surface area contributed by atoms with Gasteiger partial charge in [0, 0.05) is 0 Å². The van der Waals surface area contributed by atoms with Crippen molar-refractivity contribution in [3.8, 4) is 0 Å². The molecule has 0 unspecified atom stereocenters. The van der Waals surface area contributed by atoms with Crippen LogP contribution >= 0.6 is 25.7 Å². The van der Waals surface area contributed by atoms with E-state index >= 15 is 0 Å². The Labute approximate surface area is 183 Å². The quantitative estimate of drug-likeness (QED) is 0.288. The molecule has 0 N–H and O–H groups in total. The van der Waals surface area contributed by atoms with Crippen molar-refractivity contribution in [3.05, 3.63) is 106 Å². The van der Waals surface area contributed by atoms with Crippen molar-refractivity contribution < 1.29 is 29.4 Å². The van der Waals surface area contributed by atoms with Gasteiger partial charge in [-0.1, -0.05) is 0 Å². The van der Waals surface area contributed by atoms with Crippen LogP contribution in [0.3, 0.4) is 0 Å². The third-order valence-electron chi connectivity index (χ3n) is 3.98. The average molecular weight is 549 g/mol. The fourth-order valence-corrected chi connectivity index (χ4v) is 12.1. The van der Waals surface area contributed by atoms with Gasteiger partial charge in [0.25, 0.3) is 0 Å². The summed E-state index contributed by atoms with van der Waals surface area (Å²) in [6.07, 6.45) is 16.1. The Morgan fingerprint density at radius 1 is 0.704 bits per heavy atom. The van der Waals surface area contributed by atoms with Crippen LogP contribution in [0.15, 0.2) is 106 Å². The van der Waals surface area contributed by atoms with Crippen LogP contribution in [0.4, 0.5) is 0 Å². The fourth-order valence-electron chi connectivity index (χ4n) is 2.87. The third-order valence-corrected chi connectivity index (χ3v) is 12.8. The van der Waals surface area contributed by atoms with E-state index in [1.165, 1.54) is 10.6 Å². The Balaban J connectivity index is 0.000000659. The van der Waals surface area contributed by atoms with Crippen molar-refractivity contribution in [2.75, 3.05) is 0 Å². The van der Waals surface area contributed by atoms with Crippen LogP contribution in [-0.2, 0) is 29.4 Å². The second-order valence-electron chi connectivity index (χ2n) is 5.69. The number of hydrogen-bond acceptors (Lipinski definition) is 0. The van der Waals surface area contributed by atoms with Crippen LogP contribution in [0.25, 0.3) is 0 Å². The van der Waals surface area contributed by atoms with Gasteiger partial charge in [0.15, 0.2) is 0 Å². The predicted octanol–water partition coefficient (Wildman–Crippen LogP) is 6.72. The van der Waals surface area contributed by atoms with E-state index in [4.69, 9.17) is 19.1 Å². The Bertz CT molecular complexity index is 778. The summed E-state index contributed by atoms with van der Waals surface area (Å²) in [7, 11) is 9.63. The molecule has 0 saturated carbocycles. The summed E-state index contributed by atoms with van der Waals surface area (Å²) >= 11 is -0.654. The van der Waals surface area contributed by atoms with Crippen molar-refractivity contribution in [1.29, 1.82) is 0 Å². The molecule has 0 amide bonds. The molecule has 27 heavy (non-hydrogen) atoms. The molecule has 0 saturated heterocycles. The van der Waals surface area contributed by atoms with Gasteiger partial charge in [0.1, 0.15) is 0 Å². The number of benzene rings is 2. The summed E-state index contributed by atoms with van der Waals surface area (Å²) in [5.41, 5.74) is 0. The molecule has 5 heteroatoms. The van der Waals surface area contributed by atoms with Crippen molar-refractivity contribution in [2.45, 2.75) is 12.8 Å². The molecule has 2 aliphatic carbocycles. The van der Waals surface area contributed by atoms with Gasteiger partial charge >= 0.3 is 185 Å². The molecular formula is C22H20Cl2FePPd. The Hall–Kier alpha value is -0.408. The van der Waals surface area contributed by atoms with E-state index in [0.717, 1.165) is 12.8 Å². The molecule has 0 heterocycles. The standard InChI is InChI=1S/C12H10P.2C5H5.2ClH.Fe.Pd/c1-3-7-11(8-4-1)13-12-9-5-2-6-10-12;2*1-2-4-5-3-1;;;;/h1-10H;2*1-3H,4H2;2*1H;;/q-1;;;;;+1;+2/p-2. The van der Waals surface area contributed by atoms with E-state index in [-0.39, 0.29) is 22.6 Å². The van der Waals surface area contributed by atoms with Crippen LogP contribution < -0.4 is 10.6 Å². The summed E-state index contributed by atoms with van der Waals surface area (Å²) in [4.78, 5) is 0. The van der Waals surface area contributed by atoms with E-state index in [9.17, 15) is 0 Å². The number of halogens is 2. The van der Waals surface area contributed by atoms with Gasteiger partial charge in [-0.05, 0) is 0 Å². The van der Waals surface area contributed by atoms with Crippen LogP contribution in [-0.4, -0.2) is 0 Å². The first-order valence-corrected chi connectivity index (χ1v) is 16.3. The topological polar surface area (TPSA) is 0 Å². The minimum absolute atomic E-state index is 0.106. The molecule has 0 aromatic heterocycles. The molecule has 0 radical (unpaired) electrons. The first-order chi connectivity index (χ1) is 13.3. The molecule has 0 atom stereocenters. The first kappa shape index (κ1) is 21.3. The van der Waals surface area contributed by atoms with Crippen LogP contribution in [0.5, 0.6) is 0 Å². The monoisotopic (exact) mass is 547 g/mol. The zero-order valence-electron chi connectivity index (χ0n) is 14.5. The second-order valence-corrected chi connectivity index (χ2v) is 14.6. The number of allylic oxidation sites excluding steroid dienone is 8. The van der Waals surface area contributed by atoms with Crippen molar-refractivity contribution in [2.24, 2.45) is 0 Å². The summed E-state index contributed by atoms with van der Waals surface area (Å²) in [5, 5.41) is 3.00. The van der Waals surface area contributed by atoms with Gasteiger partial charge in [-0.2, -0.15) is 0 Å². The first-order valence-electron chi connectivity index (χ1n) is 8.45. The van der Waals surface area contributed by atoms with E-state index in [1.807, 2.05) is 0 Å². The summed E-state index contributed by atoms with van der Waals surface area (Å²) in [6, 6.07) is 22.3.